The van der Waals surface area contributed by atoms with Crippen LogP contribution < -0.4 is 20.7 Å². The summed E-state index contributed by atoms with van der Waals surface area (Å²) in [7, 11) is 0. The second kappa shape index (κ2) is 8.99. The number of nitrogens with one attached hydrogen (secondary N) is 1. The molecule has 0 saturated carbocycles. The second-order valence-corrected chi connectivity index (χ2v) is 8.71. The van der Waals surface area contributed by atoms with Gasteiger partial charge in [0.25, 0.3) is 5.56 Å². The Balaban J connectivity index is 1.20. The number of hydrogen-bond donors (Lipinski definition) is 1. The van der Waals surface area contributed by atoms with Gasteiger partial charge in [0.15, 0.2) is 5.16 Å². The number of rotatable bonds is 5. The number of hydrogen-bond acceptors (Lipinski definition) is 8. The molecule has 1 atom stereocenters. The van der Waals surface area contributed by atoms with E-state index < -0.39 is 0 Å². The van der Waals surface area contributed by atoms with Gasteiger partial charge in [-0.15, -0.1) is 0 Å². The number of fused-ring (bicyclic) bond motifs is 1. The standard InChI is InChI=1S/C22H23N7O2S/c30-20(12-17-14-32-22-23-7-6-21(31)29(17)22)26-18-13-19(25-15-24-18)28-10-8-27(9-11-28)16-4-2-1-3-5-16/h1-7,13,15,17H,8-12,14H2,(H,24,25,26,30). The van der Waals surface area contributed by atoms with Crippen molar-refractivity contribution in [3.8, 4) is 0 Å². The Kier molecular flexibility index (Phi) is 5.76. The molecule has 5 rings (SSSR count). The summed E-state index contributed by atoms with van der Waals surface area (Å²) in [6.07, 6.45) is 3.18. The van der Waals surface area contributed by atoms with Crippen molar-refractivity contribution in [3.63, 3.8) is 0 Å². The van der Waals surface area contributed by atoms with Crippen molar-refractivity contribution < 1.29 is 4.79 Å². The Morgan fingerprint density at radius 2 is 1.81 bits per heavy atom. The molecule has 4 heterocycles. The van der Waals surface area contributed by atoms with Crippen LogP contribution in [0.2, 0.25) is 0 Å². The summed E-state index contributed by atoms with van der Waals surface area (Å²) < 4.78 is 1.60. The Morgan fingerprint density at radius 3 is 2.62 bits per heavy atom. The molecule has 3 aromatic rings. The van der Waals surface area contributed by atoms with Crippen molar-refractivity contribution in [1.29, 1.82) is 0 Å². The zero-order valence-corrected chi connectivity index (χ0v) is 18.2. The van der Waals surface area contributed by atoms with Crippen LogP contribution in [-0.2, 0) is 4.79 Å². The van der Waals surface area contributed by atoms with Crippen molar-refractivity contribution in [2.75, 3.05) is 47.0 Å². The topological polar surface area (TPSA) is 96.2 Å². The molecule has 32 heavy (non-hydrogen) atoms. The highest BCUT2D eigenvalue weighted by atomic mass is 32.2. The zero-order chi connectivity index (χ0) is 21.9. The van der Waals surface area contributed by atoms with Crippen LogP contribution in [0.4, 0.5) is 17.3 Å². The molecule has 164 valence electrons. The molecule has 0 aliphatic carbocycles. The molecule has 10 heteroatoms. The van der Waals surface area contributed by atoms with Crippen LogP contribution in [0.15, 0.2) is 64.9 Å². The minimum Gasteiger partial charge on any atom is -0.368 e. The maximum Gasteiger partial charge on any atom is 0.254 e. The van der Waals surface area contributed by atoms with Crippen LogP contribution in [0, 0.1) is 0 Å². The Morgan fingerprint density at radius 1 is 1.03 bits per heavy atom. The molecule has 2 aromatic heterocycles. The number of thioether (sulfide) groups is 1. The van der Waals surface area contributed by atoms with Crippen molar-refractivity contribution in [2.45, 2.75) is 17.6 Å². The summed E-state index contributed by atoms with van der Waals surface area (Å²) in [4.78, 5) is 42.2. The third kappa shape index (κ3) is 4.31. The fourth-order valence-corrected chi connectivity index (χ4v) is 5.19. The number of para-hydroxylation sites is 1. The number of nitrogens with zero attached hydrogens (tertiary/aromatic N) is 6. The number of carbonyl (C=O) groups excluding carboxylic acids is 1. The smallest absolute Gasteiger partial charge is 0.254 e. The molecule has 9 nitrogen and oxygen atoms in total. The van der Waals surface area contributed by atoms with Gasteiger partial charge in [-0.2, -0.15) is 0 Å². The first-order valence-electron chi connectivity index (χ1n) is 10.5. The second-order valence-electron chi connectivity index (χ2n) is 7.72. The van der Waals surface area contributed by atoms with Gasteiger partial charge in [-0.3, -0.25) is 14.2 Å². The van der Waals surface area contributed by atoms with Crippen LogP contribution in [0.25, 0.3) is 0 Å². The van der Waals surface area contributed by atoms with E-state index in [1.54, 1.807) is 10.6 Å². The molecule has 1 amide bonds. The molecule has 1 unspecified atom stereocenters. The molecule has 1 fully saturated rings. The average molecular weight is 450 g/mol. The fourth-order valence-electron chi connectivity index (χ4n) is 4.07. The van der Waals surface area contributed by atoms with Crippen molar-refractivity contribution in [3.05, 3.63) is 65.3 Å². The van der Waals surface area contributed by atoms with E-state index in [0.29, 0.717) is 16.7 Å². The van der Waals surface area contributed by atoms with Crippen molar-refractivity contribution in [2.24, 2.45) is 0 Å². The summed E-state index contributed by atoms with van der Waals surface area (Å²) in [5, 5.41) is 3.52. The van der Waals surface area contributed by atoms with Gasteiger partial charge < -0.3 is 15.1 Å². The minimum absolute atomic E-state index is 0.128. The molecule has 0 bridgehead atoms. The molecule has 2 aliphatic heterocycles. The highest BCUT2D eigenvalue weighted by molar-refractivity contribution is 7.99. The number of benzene rings is 1. The van der Waals surface area contributed by atoms with E-state index in [-0.39, 0.29) is 23.9 Å². The molecule has 2 aliphatic rings. The van der Waals surface area contributed by atoms with E-state index in [0.717, 1.165) is 32.0 Å². The lowest BCUT2D eigenvalue weighted by atomic mass is 10.2. The van der Waals surface area contributed by atoms with Gasteiger partial charge in [-0.25, -0.2) is 15.0 Å². The van der Waals surface area contributed by atoms with Gasteiger partial charge in [0.1, 0.15) is 18.0 Å². The van der Waals surface area contributed by atoms with Gasteiger partial charge in [0, 0.05) is 62.4 Å². The van der Waals surface area contributed by atoms with Crippen LogP contribution in [0.1, 0.15) is 12.5 Å². The van der Waals surface area contributed by atoms with E-state index in [1.807, 2.05) is 6.07 Å². The van der Waals surface area contributed by atoms with E-state index in [2.05, 4.69) is 54.3 Å². The molecule has 1 aromatic carbocycles. The predicted molar refractivity (Wildman–Crippen MR) is 124 cm³/mol. The average Bonchev–Trinajstić information content (AvgIpc) is 3.24. The van der Waals surface area contributed by atoms with Gasteiger partial charge in [0.05, 0.1) is 6.04 Å². The van der Waals surface area contributed by atoms with Gasteiger partial charge in [-0.05, 0) is 12.1 Å². The number of carbonyl (C=O) groups is 1. The van der Waals surface area contributed by atoms with Crippen LogP contribution in [0.5, 0.6) is 0 Å². The first kappa shape index (κ1) is 20.5. The first-order chi connectivity index (χ1) is 15.7. The summed E-state index contributed by atoms with van der Waals surface area (Å²) in [5.41, 5.74) is 1.10. The highest BCUT2D eigenvalue weighted by Gasteiger charge is 2.27. The maximum atomic E-state index is 12.6. The van der Waals surface area contributed by atoms with Crippen LogP contribution in [0.3, 0.4) is 0 Å². The number of piperazine rings is 1. The third-order valence-electron chi connectivity index (χ3n) is 5.68. The van der Waals surface area contributed by atoms with E-state index in [9.17, 15) is 9.59 Å². The van der Waals surface area contributed by atoms with Crippen LogP contribution >= 0.6 is 11.8 Å². The molecule has 1 saturated heterocycles. The SMILES string of the molecule is O=C(CC1CSc2nccc(=O)n21)Nc1cc(N2CCN(c3ccccc3)CC2)ncn1. The number of aromatic nitrogens is 4. The largest absolute Gasteiger partial charge is 0.368 e. The Hall–Kier alpha value is -3.40. The number of anilines is 3. The van der Waals surface area contributed by atoms with E-state index in [1.165, 1.54) is 36.0 Å². The van der Waals surface area contributed by atoms with Gasteiger partial charge >= 0.3 is 0 Å². The lowest BCUT2D eigenvalue weighted by Crippen LogP contribution is -2.46. The molecular weight excluding hydrogens is 426 g/mol. The molecule has 0 spiro atoms. The summed E-state index contributed by atoms with van der Waals surface area (Å²) in [6.45, 7) is 3.48. The minimum atomic E-state index is -0.205. The monoisotopic (exact) mass is 449 g/mol. The normalized spacial score (nSPS) is 17.8. The molecule has 1 N–H and O–H groups in total. The lowest BCUT2D eigenvalue weighted by Gasteiger charge is -2.36. The molecule has 0 radical (unpaired) electrons. The first-order valence-corrected chi connectivity index (χ1v) is 11.5. The van der Waals surface area contributed by atoms with Crippen molar-refractivity contribution >= 4 is 35.0 Å². The van der Waals surface area contributed by atoms with Crippen LogP contribution in [-0.4, -0.2) is 57.4 Å². The Bertz CT molecular complexity index is 1160. The predicted octanol–water partition coefficient (Wildman–Crippen LogP) is 2.04. The zero-order valence-electron chi connectivity index (χ0n) is 17.4. The summed E-state index contributed by atoms with van der Waals surface area (Å²) in [6, 6.07) is 13.4. The van der Waals surface area contributed by atoms with Gasteiger partial charge in [0.2, 0.25) is 5.91 Å². The van der Waals surface area contributed by atoms with E-state index in [4.69, 9.17) is 0 Å². The van der Waals surface area contributed by atoms with Gasteiger partial charge in [-0.1, -0.05) is 30.0 Å². The maximum absolute atomic E-state index is 12.6. The lowest BCUT2D eigenvalue weighted by molar-refractivity contribution is -0.116. The summed E-state index contributed by atoms with van der Waals surface area (Å²) >= 11 is 1.49. The van der Waals surface area contributed by atoms with Crippen molar-refractivity contribution in [1.82, 2.24) is 19.5 Å². The summed E-state index contributed by atoms with van der Waals surface area (Å²) in [5.74, 6) is 1.73. The van der Waals surface area contributed by atoms with E-state index >= 15 is 0 Å². The molecular formula is C22H23N7O2S. The number of amides is 1. The highest BCUT2D eigenvalue weighted by Crippen LogP contribution is 2.31. The fraction of sp³-hybridized carbons (Fsp3) is 0.318. The quantitative estimate of drug-likeness (QED) is 0.591. The Labute approximate surface area is 189 Å². The third-order valence-corrected chi connectivity index (χ3v) is 6.79.